The van der Waals surface area contributed by atoms with Gasteiger partial charge in [-0.3, -0.25) is 0 Å². The summed E-state index contributed by atoms with van der Waals surface area (Å²) in [5, 5.41) is 3.15. The number of unbranched alkanes of at least 4 members (excludes halogenated alkanes) is 1. The summed E-state index contributed by atoms with van der Waals surface area (Å²) in [4.78, 5) is 0. The molecule has 1 atom stereocenters. The second-order valence-corrected chi connectivity index (χ2v) is 7.71. The Bertz CT molecular complexity index is 295. The molecule has 0 saturated heterocycles. The molecule has 1 unspecified atom stereocenters. The molecule has 0 aromatic rings. The molecule has 0 aliphatic heterocycles. The van der Waals surface area contributed by atoms with Crippen molar-refractivity contribution in [2.45, 2.75) is 69.6 Å². The third-order valence-corrected chi connectivity index (χ3v) is 6.21. The Hall–Kier alpha value is -0.0900. The zero-order valence-electron chi connectivity index (χ0n) is 11.2. The first kappa shape index (κ1) is 15.0. The minimum absolute atomic E-state index is 0.0297. The molecule has 3 nitrogen and oxygen atoms in total. The second-order valence-electron chi connectivity index (χ2n) is 5.31. The van der Waals surface area contributed by atoms with Gasteiger partial charge in [-0.25, -0.2) is 8.42 Å². The van der Waals surface area contributed by atoms with Crippen LogP contribution in [0.25, 0.3) is 0 Å². The molecule has 4 heteroatoms. The van der Waals surface area contributed by atoms with E-state index in [0.717, 1.165) is 44.9 Å². The number of hydrogen-bond donors (Lipinski definition) is 1. The van der Waals surface area contributed by atoms with E-state index in [2.05, 4.69) is 12.2 Å². The topological polar surface area (TPSA) is 46.2 Å². The van der Waals surface area contributed by atoms with Gasteiger partial charge >= 0.3 is 0 Å². The van der Waals surface area contributed by atoms with Gasteiger partial charge in [0.15, 0.2) is 9.84 Å². The predicted molar refractivity (Wildman–Crippen MR) is 73.0 cm³/mol. The first-order valence-corrected chi connectivity index (χ1v) is 8.66. The van der Waals surface area contributed by atoms with Crippen LogP contribution in [0.4, 0.5) is 0 Å². The Morgan fingerprint density at radius 3 is 2.41 bits per heavy atom. The van der Waals surface area contributed by atoms with Crippen LogP contribution in [-0.4, -0.2) is 32.5 Å². The van der Waals surface area contributed by atoms with E-state index in [1.54, 1.807) is 0 Å². The molecule has 1 aliphatic carbocycles. The largest absolute Gasteiger partial charge is 0.317 e. The Balaban J connectivity index is 2.24. The third kappa shape index (κ3) is 5.38. The molecule has 17 heavy (non-hydrogen) atoms. The highest BCUT2D eigenvalue weighted by Crippen LogP contribution is 2.24. The van der Waals surface area contributed by atoms with Crippen LogP contribution in [0, 0.1) is 0 Å². The van der Waals surface area contributed by atoms with Crippen LogP contribution in [-0.2, 0) is 9.84 Å². The second kappa shape index (κ2) is 7.37. The van der Waals surface area contributed by atoms with Crippen molar-refractivity contribution in [3.63, 3.8) is 0 Å². The molecule has 0 heterocycles. The number of hydrogen-bond acceptors (Lipinski definition) is 3. The minimum atomic E-state index is -2.81. The maximum atomic E-state index is 12.1. The van der Waals surface area contributed by atoms with Gasteiger partial charge in [-0.15, -0.1) is 0 Å². The van der Waals surface area contributed by atoms with Crippen molar-refractivity contribution in [1.29, 1.82) is 0 Å². The van der Waals surface area contributed by atoms with Crippen molar-refractivity contribution < 1.29 is 8.42 Å². The summed E-state index contributed by atoms with van der Waals surface area (Å²) < 4.78 is 24.2. The van der Waals surface area contributed by atoms with Crippen molar-refractivity contribution in [2.75, 3.05) is 12.8 Å². The van der Waals surface area contributed by atoms with Crippen LogP contribution in [0.5, 0.6) is 0 Å². The van der Waals surface area contributed by atoms with Crippen LogP contribution in [0.1, 0.15) is 58.3 Å². The maximum absolute atomic E-state index is 12.1. The highest BCUT2D eigenvalue weighted by Gasteiger charge is 2.26. The normalized spacial score (nSPS) is 20.4. The summed E-state index contributed by atoms with van der Waals surface area (Å²) in [6.45, 7) is 2.13. The molecule has 0 amide bonds. The van der Waals surface area contributed by atoms with Gasteiger partial charge in [-0.05, 0) is 39.7 Å². The lowest BCUT2D eigenvalue weighted by Crippen LogP contribution is -2.26. The van der Waals surface area contributed by atoms with Gasteiger partial charge in [0.25, 0.3) is 0 Å². The van der Waals surface area contributed by atoms with E-state index in [9.17, 15) is 8.42 Å². The van der Waals surface area contributed by atoms with Crippen LogP contribution < -0.4 is 5.32 Å². The van der Waals surface area contributed by atoms with Crippen molar-refractivity contribution in [2.24, 2.45) is 0 Å². The van der Waals surface area contributed by atoms with Gasteiger partial charge < -0.3 is 5.32 Å². The van der Waals surface area contributed by atoms with E-state index in [0.29, 0.717) is 11.8 Å². The van der Waals surface area contributed by atoms with Gasteiger partial charge in [-0.2, -0.15) is 0 Å². The lowest BCUT2D eigenvalue weighted by atomic mass is 10.0. The molecule has 0 spiro atoms. The number of sulfone groups is 1. The first-order valence-electron chi connectivity index (χ1n) is 6.95. The van der Waals surface area contributed by atoms with E-state index in [1.165, 1.54) is 6.42 Å². The van der Waals surface area contributed by atoms with Gasteiger partial charge in [-0.1, -0.05) is 25.7 Å². The van der Waals surface area contributed by atoms with E-state index in [-0.39, 0.29) is 5.25 Å². The zero-order chi connectivity index (χ0) is 12.7. The van der Waals surface area contributed by atoms with Crippen LogP contribution >= 0.6 is 0 Å². The van der Waals surface area contributed by atoms with Gasteiger partial charge in [0, 0.05) is 6.04 Å². The predicted octanol–water partition coefficient (Wildman–Crippen LogP) is 2.51. The molecular formula is C13H27NO2S. The molecule has 0 radical (unpaired) electrons. The summed E-state index contributed by atoms with van der Waals surface area (Å²) in [5.74, 6) is 0.397. The first-order chi connectivity index (χ1) is 8.06. The fraction of sp³-hybridized carbons (Fsp3) is 1.00. The van der Waals surface area contributed by atoms with E-state index in [4.69, 9.17) is 0 Å². The third-order valence-electron chi connectivity index (χ3n) is 3.87. The lowest BCUT2D eigenvalue weighted by molar-refractivity contribution is 0.480. The van der Waals surface area contributed by atoms with Gasteiger partial charge in [0.2, 0.25) is 0 Å². The SMILES string of the molecule is CNC(C)CCCCS(=O)(=O)C1CCCCC1. The Kier molecular flexibility index (Phi) is 6.49. The van der Waals surface area contributed by atoms with Gasteiger partial charge in [0.1, 0.15) is 0 Å². The highest BCUT2D eigenvalue weighted by molar-refractivity contribution is 7.92. The van der Waals surface area contributed by atoms with Crippen molar-refractivity contribution in [3.8, 4) is 0 Å². The number of rotatable bonds is 7. The Labute approximate surface area is 106 Å². The fourth-order valence-corrected chi connectivity index (χ4v) is 4.48. The van der Waals surface area contributed by atoms with Crippen LogP contribution in [0.2, 0.25) is 0 Å². The average Bonchev–Trinajstić information content (AvgIpc) is 2.35. The average molecular weight is 261 g/mol. The molecule has 0 aromatic carbocycles. The molecule has 1 rings (SSSR count). The summed E-state index contributed by atoms with van der Waals surface area (Å²) in [5.41, 5.74) is 0. The van der Waals surface area contributed by atoms with Crippen LogP contribution in [0.15, 0.2) is 0 Å². The molecule has 1 N–H and O–H groups in total. The van der Waals surface area contributed by atoms with E-state index < -0.39 is 9.84 Å². The standard InChI is InChI=1S/C13H27NO2S/c1-12(14-2)8-6-7-11-17(15,16)13-9-4-3-5-10-13/h12-14H,3-11H2,1-2H3. The van der Waals surface area contributed by atoms with Crippen molar-refractivity contribution >= 4 is 9.84 Å². The van der Waals surface area contributed by atoms with E-state index >= 15 is 0 Å². The van der Waals surface area contributed by atoms with Crippen LogP contribution in [0.3, 0.4) is 0 Å². The molecule has 1 fully saturated rings. The number of nitrogens with one attached hydrogen (secondary N) is 1. The minimum Gasteiger partial charge on any atom is -0.317 e. The van der Waals surface area contributed by atoms with Crippen molar-refractivity contribution in [3.05, 3.63) is 0 Å². The lowest BCUT2D eigenvalue weighted by Gasteiger charge is -2.21. The quantitative estimate of drug-likeness (QED) is 0.716. The Morgan fingerprint density at radius 1 is 1.18 bits per heavy atom. The van der Waals surface area contributed by atoms with Crippen molar-refractivity contribution in [1.82, 2.24) is 5.32 Å². The summed E-state index contributed by atoms with van der Waals surface area (Å²) in [6, 6.07) is 0.493. The smallest absolute Gasteiger partial charge is 0.153 e. The molecule has 1 saturated carbocycles. The summed E-state index contributed by atoms with van der Waals surface area (Å²) in [7, 11) is -0.861. The summed E-state index contributed by atoms with van der Waals surface area (Å²) in [6.07, 6.45) is 8.10. The zero-order valence-corrected chi connectivity index (χ0v) is 12.1. The van der Waals surface area contributed by atoms with Gasteiger partial charge in [0.05, 0.1) is 11.0 Å². The highest BCUT2D eigenvalue weighted by atomic mass is 32.2. The molecule has 102 valence electrons. The molecular weight excluding hydrogens is 234 g/mol. The monoisotopic (exact) mass is 261 g/mol. The molecule has 1 aliphatic rings. The van der Waals surface area contributed by atoms with E-state index in [1.807, 2.05) is 7.05 Å². The molecule has 0 bridgehead atoms. The summed E-state index contributed by atoms with van der Waals surface area (Å²) >= 11 is 0. The molecule has 0 aromatic heterocycles. The maximum Gasteiger partial charge on any atom is 0.153 e. The Morgan fingerprint density at radius 2 is 1.82 bits per heavy atom. The fourth-order valence-electron chi connectivity index (χ4n) is 2.49.